The van der Waals surface area contributed by atoms with Gasteiger partial charge in [-0.25, -0.2) is 0 Å². The number of benzene rings is 1. The number of hydrogen-bond donors (Lipinski definition) is 0. The second-order valence-corrected chi connectivity index (χ2v) is 4.66. The molecule has 0 aliphatic heterocycles. The van der Waals surface area contributed by atoms with Gasteiger partial charge in [0.2, 0.25) is 0 Å². The fourth-order valence-electron chi connectivity index (χ4n) is 1.75. The highest BCUT2D eigenvalue weighted by Crippen LogP contribution is 2.34. The molecule has 0 fully saturated rings. The largest absolute Gasteiger partial charge is 0.465 e. The minimum atomic E-state index is 0.485. The van der Waals surface area contributed by atoms with Crippen molar-refractivity contribution in [1.82, 2.24) is 0 Å². The van der Waals surface area contributed by atoms with Crippen LogP contribution in [-0.4, -0.2) is 0 Å². The quantitative estimate of drug-likeness (QED) is 0.657. The van der Waals surface area contributed by atoms with Crippen LogP contribution in [0.4, 0.5) is 0 Å². The van der Waals surface area contributed by atoms with Crippen LogP contribution in [0.25, 0.3) is 0 Å². The van der Waals surface area contributed by atoms with Gasteiger partial charge in [0.25, 0.3) is 0 Å². The van der Waals surface area contributed by atoms with Gasteiger partial charge in [0, 0.05) is 0 Å². The monoisotopic (exact) mass is 218 g/mol. The maximum atomic E-state index is 5.76. The third kappa shape index (κ3) is 2.88. The van der Waals surface area contributed by atoms with Crippen LogP contribution in [0, 0.1) is 0 Å². The molecule has 0 bridgehead atoms. The van der Waals surface area contributed by atoms with Crippen molar-refractivity contribution in [2.24, 2.45) is 0 Å². The molecule has 0 atom stereocenters. The van der Waals surface area contributed by atoms with Gasteiger partial charge < -0.3 is 4.74 Å². The van der Waals surface area contributed by atoms with E-state index in [0.29, 0.717) is 11.8 Å². The summed E-state index contributed by atoms with van der Waals surface area (Å²) in [5.41, 5.74) is 2.56. The van der Waals surface area contributed by atoms with E-state index in [1.165, 1.54) is 11.1 Å². The lowest BCUT2D eigenvalue weighted by molar-refractivity contribution is 0.461. The van der Waals surface area contributed by atoms with E-state index in [1.54, 1.807) is 6.26 Å². The smallest absolute Gasteiger partial charge is 0.133 e. The molecular weight excluding hydrogens is 196 g/mol. The first kappa shape index (κ1) is 12.8. The van der Waals surface area contributed by atoms with Gasteiger partial charge in [-0.1, -0.05) is 52.0 Å². The van der Waals surface area contributed by atoms with Gasteiger partial charge in [-0.2, -0.15) is 0 Å². The van der Waals surface area contributed by atoms with Crippen molar-refractivity contribution in [2.45, 2.75) is 46.5 Å². The van der Waals surface area contributed by atoms with Crippen LogP contribution < -0.4 is 4.74 Å². The van der Waals surface area contributed by atoms with E-state index in [0.717, 1.165) is 5.75 Å². The maximum absolute atomic E-state index is 5.76. The van der Waals surface area contributed by atoms with E-state index in [2.05, 4.69) is 45.9 Å². The summed E-state index contributed by atoms with van der Waals surface area (Å²) in [6.07, 6.45) is 3.67. The molecule has 0 unspecified atom stereocenters. The Morgan fingerprint density at radius 1 is 1.00 bits per heavy atom. The van der Waals surface area contributed by atoms with Crippen molar-refractivity contribution < 1.29 is 4.74 Å². The number of ether oxygens (including phenoxy) is 1. The standard InChI is InChI=1S/C15H22O/c1-6-10-16-15-13(11(2)3)8-7-9-14(15)12(4)5/h6-12H,1-5H3/b10-6-. The van der Waals surface area contributed by atoms with E-state index in [-0.39, 0.29) is 0 Å². The first-order chi connectivity index (χ1) is 7.57. The lowest BCUT2D eigenvalue weighted by Crippen LogP contribution is -1.99. The number of hydrogen-bond acceptors (Lipinski definition) is 1. The van der Waals surface area contributed by atoms with Crippen LogP contribution in [0.1, 0.15) is 57.6 Å². The van der Waals surface area contributed by atoms with E-state index in [9.17, 15) is 0 Å². The molecule has 0 aliphatic carbocycles. The Bertz CT molecular complexity index is 335. The Morgan fingerprint density at radius 2 is 1.50 bits per heavy atom. The highest BCUT2D eigenvalue weighted by molar-refractivity contribution is 5.45. The van der Waals surface area contributed by atoms with E-state index in [4.69, 9.17) is 4.74 Å². The molecule has 0 saturated carbocycles. The molecule has 0 N–H and O–H groups in total. The normalized spacial score (nSPS) is 11.7. The molecule has 0 heterocycles. The van der Waals surface area contributed by atoms with Crippen LogP contribution in [0.2, 0.25) is 0 Å². The van der Waals surface area contributed by atoms with Crippen molar-refractivity contribution in [2.75, 3.05) is 0 Å². The van der Waals surface area contributed by atoms with Crippen LogP contribution >= 0.6 is 0 Å². The number of para-hydroxylation sites is 1. The summed E-state index contributed by atoms with van der Waals surface area (Å²) in [5.74, 6) is 2.00. The summed E-state index contributed by atoms with van der Waals surface area (Å²) in [5, 5.41) is 0. The van der Waals surface area contributed by atoms with Gasteiger partial charge in [0.15, 0.2) is 0 Å². The van der Waals surface area contributed by atoms with Crippen molar-refractivity contribution in [3.8, 4) is 5.75 Å². The first-order valence-electron chi connectivity index (χ1n) is 5.98. The summed E-state index contributed by atoms with van der Waals surface area (Å²) in [6, 6.07) is 6.41. The van der Waals surface area contributed by atoms with Gasteiger partial charge >= 0.3 is 0 Å². The fraction of sp³-hybridized carbons (Fsp3) is 0.467. The van der Waals surface area contributed by atoms with Crippen LogP contribution in [-0.2, 0) is 0 Å². The zero-order chi connectivity index (χ0) is 12.1. The van der Waals surface area contributed by atoms with Crippen molar-refractivity contribution >= 4 is 0 Å². The highest BCUT2D eigenvalue weighted by Gasteiger charge is 2.13. The molecule has 0 radical (unpaired) electrons. The summed E-state index contributed by atoms with van der Waals surface area (Å²) >= 11 is 0. The van der Waals surface area contributed by atoms with Crippen LogP contribution in [0.5, 0.6) is 5.75 Å². The third-order valence-corrected chi connectivity index (χ3v) is 2.64. The van der Waals surface area contributed by atoms with Gasteiger partial charge in [-0.05, 0) is 29.9 Å². The lowest BCUT2D eigenvalue weighted by Gasteiger charge is -2.17. The fourth-order valence-corrected chi connectivity index (χ4v) is 1.75. The van der Waals surface area contributed by atoms with E-state index >= 15 is 0 Å². The minimum absolute atomic E-state index is 0.485. The third-order valence-electron chi connectivity index (χ3n) is 2.64. The number of allylic oxidation sites excluding steroid dienone is 1. The Balaban J connectivity index is 3.23. The van der Waals surface area contributed by atoms with Crippen LogP contribution in [0.15, 0.2) is 30.5 Å². The van der Waals surface area contributed by atoms with Gasteiger partial charge in [0.05, 0.1) is 6.26 Å². The summed E-state index contributed by atoms with van der Waals surface area (Å²) in [7, 11) is 0. The Kier molecular flexibility index (Phi) is 4.60. The predicted molar refractivity (Wildman–Crippen MR) is 70.1 cm³/mol. The molecule has 88 valence electrons. The molecule has 1 heteroatoms. The molecule has 0 amide bonds. The molecule has 1 aromatic rings. The minimum Gasteiger partial charge on any atom is -0.465 e. The summed E-state index contributed by atoms with van der Waals surface area (Å²) in [4.78, 5) is 0. The summed E-state index contributed by atoms with van der Waals surface area (Å²) in [6.45, 7) is 10.8. The summed E-state index contributed by atoms with van der Waals surface area (Å²) < 4.78 is 5.76. The maximum Gasteiger partial charge on any atom is 0.133 e. The zero-order valence-corrected chi connectivity index (χ0v) is 10.9. The molecule has 0 spiro atoms. The molecule has 1 nitrogen and oxygen atoms in total. The van der Waals surface area contributed by atoms with Crippen molar-refractivity contribution in [1.29, 1.82) is 0 Å². The Labute approximate surface area is 99.1 Å². The molecule has 0 aliphatic rings. The van der Waals surface area contributed by atoms with Crippen molar-refractivity contribution in [3.05, 3.63) is 41.7 Å². The number of rotatable bonds is 4. The molecule has 0 saturated heterocycles. The molecule has 16 heavy (non-hydrogen) atoms. The molecular formula is C15H22O. The highest BCUT2D eigenvalue weighted by atomic mass is 16.5. The Hall–Kier alpha value is -1.24. The van der Waals surface area contributed by atoms with Gasteiger partial charge in [-0.15, -0.1) is 0 Å². The lowest BCUT2D eigenvalue weighted by atomic mass is 9.94. The first-order valence-corrected chi connectivity index (χ1v) is 5.98. The second kappa shape index (κ2) is 5.74. The van der Waals surface area contributed by atoms with Crippen LogP contribution in [0.3, 0.4) is 0 Å². The molecule has 0 aromatic heterocycles. The van der Waals surface area contributed by atoms with Gasteiger partial charge in [0.1, 0.15) is 5.75 Å². The van der Waals surface area contributed by atoms with Crippen molar-refractivity contribution in [3.63, 3.8) is 0 Å². The SMILES string of the molecule is C/C=C\Oc1c(C(C)C)cccc1C(C)C. The topological polar surface area (TPSA) is 9.23 Å². The molecule has 1 aromatic carbocycles. The molecule has 1 rings (SSSR count). The Morgan fingerprint density at radius 3 is 1.88 bits per heavy atom. The van der Waals surface area contributed by atoms with E-state index < -0.39 is 0 Å². The zero-order valence-electron chi connectivity index (χ0n) is 10.9. The van der Waals surface area contributed by atoms with E-state index in [1.807, 2.05) is 13.0 Å². The van der Waals surface area contributed by atoms with Gasteiger partial charge in [-0.3, -0.25) is 0 Å². The second-order valence-electron chi connectivity index (χ2n) is 4.66. The average molecular weight is 218 g/mol. The predicted octanol–water partition coefficient (Wildman–Crippen LogP) is 4.85. The average Bonchev–Trinajstić information content (AvgIpc) is 2.25.